The molecule has 4 heterocycles. The van der Waals surface area contributed by atoms with Gasteiger partial charge in [-0.05, 0) is 38.0 Å². The Labute approximate surface area is 145 Å². The van der Waals surface area contributed by atoms with Crippen LogP contribution in [0.15, 0.2) is 43.0 Å². The molecule has 0 radical (unpaired) electrons. The summed E-state index contributed by atoms with van der Waals surface area (Å²) < 4.78 is 3.69. The van der Waals surface area contributed by atoms with Crippen molar-refractivity contribution in [3.63, 3.8) is 0 Å². The van der Waals surface area contributed by atoms with Crippen LogP contribution in [-0.4, -0.2) is 41.7 Å². The molecule has 1 amide bonds. The van der Waals surface area contributed by atoms with E-state index in [1.165, 1.54) is 0 Å². The maximum atomic E-state index is 13.0. The van der Waals surface area contributed by atoms with E-state index in [0.717, 1.165) is 30.9 Å². The van der Waals surface area contributed by atoms with Crippen molar-refractivity contribution in [2.24, 2.45) is 7.05 Å². The van der Waals surface area contributed by atoms with E-state index in [4.69, 9.17) is 0 Å². The lowest BCUT2D eigenvalue weighted by atomic mass is 10.2. The number of aryl methyl sites for hydroxylation is 2. The molecule has 7 nitrogen and oxygen atoms in total. The normalized spacial score (nSPS) is 17.2. The van der Waals surface area contributed by atoms with Gasteiger partial charge in [-0.15, -0.1) is 0 Å². The van der Waals surface area contributed by atoms with Crippen LogP contribution in [0.4, 0.5) is 0 Å². The number of rotatable bonds is 3. The number of amides is 1. The Kier molecular flexibility index (Phi) is 3.83. The highest BCUT2D eigenvalue weighted by Crippen LogP contribution is 2.32. The van der Waals surface area contributed by atoms with Gasteiger partial charge in [0, 0.05) is 38.4 Å². The van der Waals surface area contributed by atoms with Crippen molar-refractivity contribution in [2.45, 2.75) is 25.8 Å². The zero-order valence-electron chi connectivity index (χ0n) is 14.3. The average Bonchev–Trinajstić information content (AvgIpc) is 3.35. The summed E-state index contributed by atoms with van der Waals surface area (Å²) in [4.78, 5) is 23.9. The van der Waals surface area contributed by atoms with Crippen molar-refractivity contribution in [1.29, 1.82) is 0 Å². The van der Waals surface area contributed by atoms with Crippen LogP contribution in [0.2, 0.25) is 0 Å². The molecule has 1 aliphatic heterocycles. The molecule has 0 unspecified atom stereocenters. The van der Waals surface area contributed by atoms with Crippen molar-refractivity contribution in [2.75, 3.05) is 6.54 Å². The first kappa shape index (κ1) is 15.6. The van der Waals surface area contributed by atoms with Crippen molar-refractivity contribution in [1.82, 2.24) is 29.2 Å². The SMILES string of the molecule is Cc1cn(C)c([C@H]2CCCN2C(=O)c2ccc(-n3cccn3)nc2)n1. The van der Waals surface area contributed by atoms with Gasteiger partial charge < -0.3 is 9.47 Å². The maximum absolute atomic E-state index is 13.0. The number of imidazole rings is 1. The first-order chi connectivity index (χ1) is 12.1. The number of likely N-dealkylation sites (tertiary alicyclic amines) is 1. The minimum atomic E-state index is 0.00247. The highest BCUT2D eigenvalue weighted by Gasteiger charge is 2.33. The number of pyridine rings is 1. The molecule has 128 valence electrons. The summed E-state index contributed by atoms with van der Waals surface area (Å²) in [5, 5.41) is 4.15. The van der Waals surface area contributed by atoms with Crippen molar-refractivity contribution < 1.29 is 4.79 Å². The summed E-state index contributed by atoms with van der Waals surface area (Å²) in [6, 6.07) is 5.49. The Morgan fingerprint density at radius 2 is 2.20 bits per heavy atom. The average molecular weight is 336 g/mol. The maximum Gasteiger partial charge on any atom is 0.256 e. The highest BCUT2D eigenvalue weighted by molar-refractivity contribution is 5.94. The van der Waals surface area contributed by atoms with E-state index in [1.54, 1.807) is 17.1 Å². The monoisotopic (exact) mass is 336 g/mol. The second kappa shape index (κ2) is 6.16. The highest BCUT2D eigenvalue weighted by atomic mass is 16.2. The molecule has 0 spiro atoms. The quantitative estimate of drug-likeness (QED) is 0.736. The number of aromatic nitrogens is 5. The van der Waals surface area contributed by atoms with Crippen molar-refractivity contribution in [3.05, 3.63) is 60.1 Å². The van der Waals surface area contributed by atoms with Crippen molar-refractivity contribution >= 4 is 5.91 Å². The van der Waals surface area contributed by atoms with Crippen LogP contribution in [0.3, 0.4) is 0 Å². The minimum Gasteiger partial charge on any atom is -0.336 e. The Morgan fingerprint density at radius 1 is 1.32 bits per heavy atom. The van der Waals surface area contributed by atoms with Gasteiger partial charge in [0.05, 0.1) is 17.3 Å². The summed E-state index contributed by atoms with van der Waals surface area (Å²) in [7, 11) is 1.98. The first-order valence-electron chi connectivity index (χ1n) is 8.40. The summed E-state index contributed by atoms with van der Waals surface area (Å²) >= 11 is 0. The van der Waals surface area contributed by atoms with E-state index in [0.29, 0.717) is 11.4 Å². The Balaban J connectivity index is 1.58. The second-order valence-electron chi connectivity index (χ2n) is 6.36. The summed E-state index contributed by atoms with van der Waals surface area (Å²) in [5.41, 5.74) is 1.57. The number of hydrogen-bond donors (Lipinski definition) is 0. The van der Waals surface area contributed by atoms with E-state index < -0.39 is 0 Å². The van der Waals surface area contributed by atoms with Crippen LogP contribution in [0.1, 0.15) is 40.8 Å². The van der Waals surface area contributed by atoms with Gasteiger partial charge in [-0.3, -0.25) is 4.79 Å². The fraction of sp³-hybridized carbons (Fsp3) is 0.333. The van der Waals surface area contributed by atoms with Gasteiger partial charge in [0.2, 0.25) is 0 Å². The Morgan fingerprint density at radius 3 is 2.84 bits per heavy atom. The third-order valence-electron chi connectivity index (χ3n) is 4.58. The Bertz CT molecular complexity index is 881. The van der Waals surface area contributed by atoms with Crippen LogP contribution in [0, 0.1) is 6.92 Å². The first-order valence-corrected chi connectivity index (χ1v) is 8.40. The van der Waals surface area contributed by atoms with E-state index in [-0.39, 0.29) is 11.9 Å². The number of carbonyl (C=O) groups is 1. The summed E-state index contributed by atoms with van der Waals surface area (Å²) in [5.74, 6) is 1.64. The molecule has 7 heteroatoms. The predicted octanol–water partition coefficient (Wildman–Crippen LogP) is 2.29. The number of carbonyl (C=O) groups excluding carboxylic acids is 1. The largest absolute Gasteiger partial charge is 0.336 e. The van der Waals surface area contributed by atoms with Gasteiger partial charge in [-0.25, -0.2) is 14.6 Å². The van der Waals surface area contributed by atoms with Crippen LogP contribution >= 0.6 is 0 Å². The number of hydrogen-bond acceptors (Lipinski definition) is 4. The molecule has 1 aliphatic rings. The number of nitrogens with zero attached hydrogens (tertiary/aromatic N) is 6. The van der Waals surface area contributed by atoms with E-state index in [1.807, 2.05) is 54.0 Å². The van der Waals surface area contributed by atoms with Crippen LogP contribution in [-0.2, 0) is 7.05 Å². The van der Waals surface area contributed by atoms with Crippen LogP contribution < -0.4 is 0 Å². The van der Waals surface area contributed by atoms with Gasteiger partial charge in [0.25, 0.3) is 5.91 Å². The van der Waals surface area contributed by atoms with E-state index in [2.05, 4.69) is 15.1 Å². The third kappa shape index (κ3) is 2.82. The van der Waals surface area contributed by atoms with Crippen LogP contribution in [0.25, 0.3) is 5.82 Å². The van der Waals surface area contributed by atoms with Gasteiger partial charge >= 0.3 is 0 Å². The topological polar surface area (TPSA) is 68.8 Å². The molecular formula is C18H20N6O. The molecule has 3 aromatic heterocycles. The molecule has 3 aromatic rings. The molecule has 4 rings (SSSR count). The molecule has 0 aromatic carbocycles. The zero-order valence-corrected chi connectivity index (χ0v) is 14.3. The summed E-state index contributed by atoms with van der Waals surface area (Å²) in [6.07, 6.45) is 9.07. The van der Waals surface area contributed by atoms with Crippen molar-refractivity contribution in [3.8, 4) is 5.82 Å². The Hall–Kier alpha value is -2.96. The van der Waals surface area contributed by atoms with E-state index in [9.17, 15) is 4.79 Å². The molecule has 1 atom stereocenters. The molecule has 1 fully saturated rings. The lowest BCUT2D eigenvalue weighted by molar-refractivity contribution is 0.0727. The zero-order chi connectivity index (χ0) is 17.4. The minimum absolute atomic E-state index is 0.00247. The third-order valence-corrected chi connectivity index (χ3v) is 4.58. The predicted molar refractivity (Wildman–Crippen MR) is 92.3 cm³/mol. The molecular weight excluding hydrogens is 316 g/mol. The molecule has 0 N–H and O–H groups in total. The van der Waals surface area contributed by atoms with E-state index >= 15 is 0 Å². The lowest BCUT2D eigenvalue weighted by Gasteiger charge is -2.24. The second-order valence-corrected chi connectivity index (χ2v) is 6.36. The molecule has 1 saturated heterocycles. The standard InChI is InChI=1S/C18H20N6O/c1-13-12-22(2)17(21-13)15-5-3-9-23(15)18(25)14-6-7-16(19-11-14)24-10-4-8-20-24/h4,6-8,10-12,15H,3,5,9H2,1-2H3/t15-/m1/s1. The smallest absolute Gasteiger partial charge is 0.256 e. The van der Waals surface area contributed by atoms with Gasteiger partial charge in [-0.2, -0.15) is 5.10 Å². The fourth-order valence-corrected chi connectivity index (χ4v) is 3.44. The van der Waals surface area contributed by atoms with Gasteiger partial charge in [0.1, 0.15) is 5.82 Å². The molecule has 0 bridgehead atoms. The van der Waals surface area contributed by atoms with Crippen LogP contribution in [0.5, 0.6) is 0 Å². The fourth-order valence-electron chi connectivity index (χ4n) is 3.44. The molecule has 0 saturated carbocycles. The van der Waals surface area contributed by atoms with Gasteiger partial charge in [0.15, 0.2) is 5.82 Å². The summed E-state index contributed by atoms with van der Waals surface area (Å²) in [6.45, 7) is 2.72. The lowest BCUT2D eigenvalue weighted by Crippen LogP contribution is -2.32. The van der Waals surface area contributed by atoms with Gasteiger partial charge in [-0.1, -0.05) is 0 Å². The molecule has 0 aliphatic carbocycles. The molecule has 25 heavy (non-hydrogen) atoms.